The van der Waals surface area contributed by atoms with Crippen molar-refractivity contribution in [2.75, 3.05) is 0 Å². The van der Waals surface area contributed by atoms with Crippen LogP contribution in [0, 0.1) is 0 Å². The van der Waals surface area contributed by atoms with E-state index in [0.29, 0.717) is 18.2 Å². The minimum atomic E-state index is -0.197. The number of H-pyrrole nitrogens is 1. The van der Waals surface area contributed by atoms with Gasteiger partial charge in [0.2, 0.25) is 0 Å². The zero-order valence-corrected chi connectivity index (χ0v) is 12.4. The van der Waals surface area contributed by atoms with Crippen molar-refractivity contribution in [1.29, 1.82) is 0 Å². The van der Waals surface area contributed by atoms with Crippen LogP contribution >= 0.6 is 11.8 Å². The lowest BCUT2D eigenvalue weighted by Gasteiger charge is -2.03. The molecule has 7 nitrogen and oxygen atoms in total. The molecule has 0 saturated heterocycles. The second-order valence-corrected chi connectivity index (χ2v) is 5.52. The Kier molecular flexibility index (Phi) is 3.80. The number of nitrogens with two attached hydrogens (primary N) is 1. The first-order valence-electron chi connectivity index (χ1n) is 6.73. The summed E-state index contributed by atoms with van der Waals surface area (Å²) in [5.41, 5.74) is 7.39. The first-order chi connectivity index (χ1) is 10.2. The van der Waals surface area contributed by atoms with Crippen LogP contribution in [0.1, 0.15) is 19.0 Å². The first kappa shape index (κ1) is 13.9. The van der Waals surface area contributed by atoms with E-state index in [0.717, 1.165) is 22.8 Å². The zero-order valence-electron chi connectivity index (χ0n) is 11.6. The number of fused-ring (bicyclic) bond motifs is 1. The maximum Gasteiger partial charge on any atom is 0.343 e. The molecule has 3 N–H and O–H groups in total. The van der Waals surface area contributed by atoms with Crippen LogP contribution in [-0.4, -0.2) is 24.1 Å². The van der Waals surface area contributed by atoms with Crippen molar-refractivity contribution >= 4 is 17.4 Å². The molecule has 0 amide bonds. The highest BCUT2D eigenvalue weighted by atomic mass is 32.2. The fourth-order valence-corrected chi connectivity index (χ4v) is 3.17. The quantitative estimate of drug-likeness (QED) is 0.739. The van der Waals surface area contributed by atoms with Crippen molar-refractivity contribution in [3.05, 3.63) is 40.6 Å². The number of hydrogen-bond donors (Lipinski definition) is 2. The maximum atomic E-state index is 11.7. The summed E-state index contributed by atoms with van der Waals surface area (Å²) in [6.07, 6.45) is 2.79. The Bertz CT molecular complexity index is 818. The average molecular weight is 304 g/mol. The molecule has 0 aliphatic rings. The molecule has 0 spiro atoms. The Morgan fingerprint density at radius 2 is 2.29 bits per heavy atom. The number of aromatic amines is 1. The molecule has 21 heavy (non-hydrogen) atoms. The molecular weight excluding hydrogens is 288 g/mol. The van der Waals surface area contributed by atoms with E-state index in [1.165, 1.54) is 11.8 Å². The molecule has 0 atom stereocenters. The van der Waals surface area contributed by atoms with Crippen LogP contribution in [0.2, 0.25) is 0 Å². The predicted molar refractivity (Wildman–Crippen MR) is 80.3 cm³/mol. The molecule has 0 saturated carbocycles. The van der Waals surface area contributed by atoms with Crippen molar-refractivity contribution < 1.29 is 0 Å². The van der Waals surface area contributed by atoms with Gasteiger partial charge < -0.3 is 10.1 Å². The molecule has 0 aliphatic heterocycles. The SMILES string of the molecule is CCCn1c(Sc2nc3ccccn3c2CN)n[nH]c1=O. The third kappa shape index (κ3) is 2.47. The lowest BCUT2D eigenvalue weighted by Crippen LogP contribution is -2.17. The summed E-state index contributed by atoms with van der Waals surface area (Å²) < 4.78 is 3.58. The van der Waals surface area contributed by atoms with E-state index in [4.69, 9.17) is 5.73 Å². The molecule has 0 bridgehead atoms. The molecule has 3 aromatic rings. The zero-order chi connectivity index (χ0) is 14.8. The molecule has 0 unspecified atom stereocenters. The highest BCUT2D eigenvalue weighted by Crippen LogP contribution is 2.28. The van der Waals surface area contributed by atoms with Crippen molar-refractivity contribution in [1.82, 2.24) is 24.1 Å². The van der Waals surface area contributed by atoms with Crippen LogP contribution in [0.5, 0.6) is 0 Å². The second-order valence-electron chi connectivity index (χ2n) is 4.56. The standard InChI is InChI=1S/C13H16N6OS/c1-2-6-19-12(20)16-17-13(19)21-11-9(8-14)18-7-4-3-5-10(18)15-11/h3-5,7H,2,6,8,14H2,1H3,(H,16,20). The van der Waals surface area contributed by atoms with Gasteiger partial charge in [-0.2, -0.15) is 0 Å². The first-order valence-corrected chi connectivity index (χ1v) is 7.55. The van der Waals surface area contributed by atoms with Crippen molar-refractivity contribution in [3.63, 3.8) is 0 Å². The van der Waals surface area contributed by atoms with Gasteiger partial charge in [-0.25, -0.2) is 14.9 Å². The summed E-state index contributed by atoms with van der Waals surface area (Å²) >= 11 is 1.36. The topological polar surface area (TPSA) is 94.0 Å². The average Bonchev–Trinajstić information content (AvgIpc) is 3.02. The van der Waals surface area contributed by atoms with Gasteiger partial charge in [-0.1, -0.05) is 13.0 Å². The highest BCUT2D eigenvalue weighted by molar-refractivity contribution is 7.99. The lowest BCUT2D eigenvalue weighted by molar-refractivity contribution is 0.603. The van der Waals surface area contributed by atoms with Crippen molar-refractivity contribution in [2.45, 2.75) is 36.6 Å². The predicted octanol–water partition coefficient (Wildman–Crippen LogP) is 1.24. The van der Waals surface area contributed by atoms with E-state index in [2.05, 4.69) is 15.2 Å². The van der Waals surface area contributed by atoms with Crippen LogP contribution in [0.3, 0.4) is 0 Å². The van der Waals surface area contributed by atoms with Crippen LogP contribution < -0.4 is 11.4 Å². The molecule has 110 valence electrons. The molecule has 0 aromatic carbocycles. The summed E-state index contributed by atoms with van der Waals surface area (Å²) in [6, 6.07) is 5.79. The number of nitrogens with zero attached hydrogens (tertiary/aromatic N) is 4. The number of hydrogen-bond acceptors (Lipinski definition) is 5. The van der Waals surface area contributed by atoms with Gasteiger partial charge >= 0.3 is 5.69 Å². The van der Waals surface area contributed by atoms with Crippen molar-refractivity contribution in [2.24, 2.45) is 5.73 Å². The van der Waals surface area contributed by atoms with Gasteiger partial charge in [0.05, 0.1) is 5.69 Å². The Hall–Kier alpha value is -2.06. The monoisotopic (exact) mass is 304 g/mol. The van der Waals surface area contributed by atoms with Crippen molar-refractivity contribution in [3.8, 4) is 0 Å². The van der Waals surface area contributed by atoms with Crippen LogP contribution in [-0.2, 0) is 13.1 Å². The number of aromatic nitrogens is 5. The fraction of sp³-hybridized carbons (Fsp3) is 0.308. The Balaban J connectivity index is 2.04. The lowest BCUT2D eigenvalue weighted by atomic mass is 10.4. The number of imidazole rings is 1. The van der Waals surface area contributed by atoms with Gasteiger partial charge in [-0.05, 0) is 30.3 Å². The maximum absolute atomic E-state index is 11.7. The van der Waals surface area contributed by atoms with Crippen LogP contribution in [0.25, 0.3) is 5.65 Å². The number of pyridine rings is 1. The van der Waals surface area contributed by atoms with E-state index in [9.17, 15) is 4.79 Å². The second kappa shape index (κ2) is 5.74. The van der Waals surface area contributed by atoms with Gasteiger partial charge in [0, 0.05) is 19.3 Å². The minimum Gasteiger partial charge on any atom is -0.325 e. The smallest absolute Gasteiger partial charge is 0.325 e. The van der Waals surface area contributed by atoms with Gasteiger partial charge in [-0.15, -0.1) is 5.10 Å². The summed E-state index contributed by atoms with van der Waals surface area (Å²) in [6.45, 7) is 3.02. The summed E-state index contributed by atoms with van der Waals surface area (Å²) in [4.78, 5) is 16.3. The third-order valence-corrected chi connectivity index (χ3v) is 4.16. The Morgan fingerprint density at radius 3 is 3.05 bits per heavy atom. The van der Waals surface area contributed by atoms with Crippen LogP contribution in [0.15, 0.2) is 39.4 Å². The van der Waals surface area contributed by atoms with Gasteiger partial charge in [0.25, 0.3) is 0 Å². The third-order valence-electron chi connectivity index (χ3n) is 3.14. The molecule has 3 aromatic heterocycles. The molecule has 0 radical (unpaired) electrons. The molecule has 8 heteroatoms. The fourth-order valence-electron chi connectivity index (χ4n) is 2.18. The highest BCUT2D eigenvalue weighted by Gasteiger charge is 2.16. The van der Waals surface area contributed by atoms with Gasteiger partial charge in [-0.3, -0.25) is 4.57 Å². The van der Waals surface area contributed by atoms with Gasteiger partial charge in [0.15, 0.2) is 5.16 Å². The van der Waals surface area contributed by atoms with E-state index in [-0.39, 0.29) is 5.69 Å². The molecule has 3 heterocycles. The molecular formula is C13H16N6OS. The normalized spacial score (nSPS) is 11.3. The van der Waals surface area contributed by atoms with Crippen LogP contribution in [0.4, 0.5) is 0 Å². The Labute approximate surface area is 125 Å². The van der Waals surface area contributed by atoms with E-state index >= 15 is 0 Å². The van der Waals surface area contributed by atoms with E-state index < -0.39 is 0 Å². The number of nitrogens with one attached hydrogen (secondary N) is 1. The largest absolute Gasteiger partial charge is 0.343 e. The molecule has 3 rings (SSSR count). The molecule has 0 aliphatic carbocycles. The number of rotatable bonds is 5. The van der Waals surface area contributed by atoms with Gasteiger partial charge in [0.1, 0.15) is 10.7 Å². The molecule has 0 fully saturated rings. The summed E-state index contributed by atoms with van der Waals surface area (Å²) in [5.74, 6) is 0. The Morgan fingerprint density at radius 1 is 1.43 bits per heavy atom. The summed E-state index contributed by atoms with van der Waals surface area (Å²) in [7, 11) is 0. The minimum absolute atomic E-state index is 0.197. The van der Waals surface area contributed by atoms with E-state index in [1.807, 2.05) is 35.7 Å². The van der Waals surface area contributed by atoms with E-state index in [1.54, 1.807) is 4.57 Å². The summed E-state index contributed by atoms with van der Waals surface area (Å²) in [5, 5.41) is 7.95.